The molecule has 0 saturated carbocycles. The van der Waals surface area contributed by atoms with Crippen LogP contribution in [0, 0.1) is 6.92 Å². The molecule has 0 atom stereocenters. The van der Waals surface area contributed by atoms with Crippen LogP contribution in [0.2, 0.25) is 5.02 Å². The van der Waals surface area contributed by atoms with Gasteiger partial charge >= 0.3 is 0 Å². The monoisotopic (exact) mass is 426 g/mol. The quantitative estimate of drug-likeness (QED) is 0.783. The van der Waals surface area contributed by atoms with Crippen LogP contribution in [0.25, 0.3) is 0 Å². The largest absolute Gasteiger partial charge is 0.345 e. The Hall–Kier alpha value is -2.16. The number of carbonyl (C=O) groups excluding carboxylic acids is 2. The number of halogens is 2. The molecule has 1 aliphatic heterocycles. The Balaban J connectivity index is 0.00000280. The molecule has 3 rings (SSSR count). The second-order valence-corrected chi connectivity index (χ2v) is 7.20. The van der Waals surface area contributed by atoms with Crippen molar-refractivity contribution < 1.29 is 9.59 Å². The number of anilines is 1. The van der Waals surface area contributed by atoms with Gasteiger partial charge in [0.15, 0.2) is 5.69 Å². The number of rotatable bonds is 4. The SMILES string of the molecule is Cc1c(C(=O)Nc2ccc(Cl)c(C(=O)N(C)C)c2)nnn1C1CCNCC1.Cl. The fraction of sp³-hybridized carbons (Fsp3) is 0.444. The number of hydrogen-bond donors (Lipinski definition) is 2. The number of aromatic nitrogens is 3. The summed E-state index contributed by atoms with van der Waals surface area (Å²) in [6, 6.07) is 5.06. The van der Waals surface area contributed by atoms with E-state index in [2.05, 4.69) is 20.9 Å². The van der Waals surface area contributed by atoms with Crippen LogP contribution in [0.3, 0.4) is 0 Å². The fourth-order valence-electron chi connectivity index (χ4n) is 3.15. The van der Waals surface area contributed by atoms with Crippen LogP contribution in [-0.2, 0) is 0 Å². The fourth-order valence-corrected chi connectivity index (χ4v) is 3.35. The smallest absolute Gasteiger partial charge is 0.278 e. The molecule has 1 aromatic heterocycles. The Morgan fingerprint density at radius 1 is 1.29 bits per heavy atom. The van der Waals surface area contributed by atoms with Gasteiger partial charge in [-0.3, -0.25) is 9.59 Å². The van der Waals surface area contributed by atoms with Crippen LogP contribution in [-0.4, -0.2) is 58.9 Å². The summed E-state index contributed by atoms with van der Waals surface area (Å²) >= 11 is 6.11. The van der Waals surface area contributed by atoms with Crippen molar-refractivity contribution in [3.63, 3.8) is 0 Å². The predicted octanol–water partition coefficient (Wildman–Crippen LogP) is 2.54. The minimum atomic E-state index is -0.363. The summed E-state index contributed by atoms with van der Waals surface area (Å²) in [4.78, 5) is 26.3. The lowest BCUT2D eigenvalue weighted by atomic mass is 10.1. The van der Waals surface area contributed by atoms with Gasteiger partial charge in [-0.2, -0.15) is 0 Å². The summed E-state index contributed by atoms with van der Waals surface area (Å²) in [6.45, 7) is 3.71. The van der Waals surface area contributed by atoms with E-state index in [9.17, 15) is 9.59 Å². The maximum Gasteiger partial charge on any atom is 0.278 e. The van der Waals surface area contributed by atoms with Crippen molar-refractivity contribution in [2.75, 3.05) is 32.5 Å². The molecule has 0 aliphatic carbocycles. The highest BCUT2D eigenvalue weighted by Crippen LogP contribution is 2.23. The van der Waals surface area contributed by atoms with E-state index in [-0.39, 0.29) is 36.0 Å². The van der Waals surface area contributed by atoms with Gasteiger partial charge in [-0.1, -0.05) is 16.8 Å². The molecular formula is C18H24Cl2N6O2. The molecule has 2 aromatic rings. The van der Waals surface area contributed by atoms with Crippen molar-refractivity contribution in [2.45, 2.75) is 25.8 Å². The summed E-state index contributed by atoms with van der Waals surface area (Å²) in [5, 5.41) is 14.7. The Morgan fingerprint density at radius 2 is 1.96 bits per heavy atom. The zero-order valence-electron chi connectivity index (χ0n) is 16.0. The third-order valence-electron chi connectivity index (χ3n) is 4.66. The van der Waals surface area contributed by atoms with Gasteiger partial charge < -0.3 is 15.5 Å². The lowest BCUT2D eigenvalue weighted by molar-refractivity contribution is 0.0827. The molecule has 0 bridgehead atoms. The van der Waals surface area contributed by atoms with Crippen LogP contribution in [0.5, 0.6) is 0 Å². The van der Waals surface area contributed by atoms with Gasteiger partial charge in [0.1, 0.15) is 0 Å². The van der Waals surface area contributed by atoms with E-state index in [1.165, 1.54) is 4.90 Å². The van der Waals surface area contributed by atoms with E-state index in [0.717, 1.165) is 31.6 Å². The number of amides is 2. The van der Waals surface area contributed by atoms with E-state index in [4.69, 9.17) is 11.6 Å². The number of hydrogen-bond acceptors (Lipinski definition) is 5. The average Bonchev–Trinajstić information content (AvgIpc) is 3.05. The third kappa shape index (κ3) is 4.63. The molecule has 2 heterocycles. The number of piperidine rings is 1. The first-order valence-corrected chi connectivity index (χ1v) is 9.21. The van der Waals surface area contributed by atoms with Crippen LogP contribution in [0.4, 0.5) is 5.69 Å². The summed E-state index contributed by atoms with van der Waals surface area (Å²) in [5.74, 6) is -0.595. The van der Waals surface area contributed by atoms with Crippen LogP contribution < -0.4 is 10.6 Å². The molecule has 1 saturated heterocycles. The summed E-state index contributed by atoms with van der Waals surface area (Å²) in [7, 11) is 3.29. The van der Waals surface area contributed by atoms with Crippen molar-refractivity contribution in [2.24, 2.45) is 0 Å². The predicted molar refractivity (Wildman–Crippen MR) is 111 cm³/mol. The van der Waals surface area contributed by atoms with Crippen LogP contribution in [0.15, 0.2) is 18.2 Å². The molecule has 152 valence electrons. The van der Waals surface area contributed by atoms with Crippen molar-refractivity contribution >= 4 is 41.5 Å². The Morgan fingerprint density at radius 3 is 2.61 bits per heavy atom. The molecule has 28 heavy (non-hydrogen) atoms. The minimum absolute atomic E-state index is 0. The first kappa shape index (κ1) is 22.1. The topological polar surface area (TPSA) is 92.2 Å². The molecule has 10 heteroatoms. The van der Waals surface area contributed by atoms with E-state index in [0.29, 0.717) is 16.3 Å². The van der Waals surface area contributed by atoms with E-state index in [1.807, 2.05) is 11.6 Å². The number of nitrogens with one attached hydrogen (secondary N) is 2. The van der Waals surface area contributed by atoms with E-state index in [1.54, 1.807) is 32.3 Å². The highest BCUT2D eigenvalue weighted by atomic mass is 35.5. The van der Waals surface area contributed by atoms with E-state index >= 15 is 0 Å². The second kappa shape index (κ2) is 9.36. The molecule has 0 unspecified atom stereocenters. The molecule has 0 radical (unpaired) electrons. The molecule has 2 N–H and O–H groups in total. The molecule has 1 fully saturated rings. The highest BCUT2D eigenvalue weighted by Gasteiger charge is 2.23. The van der Waals surface area contributed by atoms with Gasteiger partial charge in [0.05, 0.1) is 22.3 Å². The molecule has 8 nitrogen and oxygen atoms in total. The van der Waals surface area contributed by atoms with Crippen molar-refractivity contribution in [3.8, 4) is 0 Å². The summed E-state index contributed by atoms with van der Waals surface area (Å²) in [6.07, 6.45) is 1.91. The molecule has 1 aliphatic rings. The molecular weight excluding hydrogens is 403 g/mol. The van der Waals surface area contributed by atoms with Gasteiger partial charge in [0.2, 0.25) is 0 Å². The zero-order chi connectivity index (χ0) is 19.6. The Labute approximate surface area is 175 Å². The van der Waals surface area contributed by atoms with E-state index < -0.39 is 0 Å². The number of nitrogens with zero attached hydrogens (tertiary/aromatic N) is 4. The van der Waals surface area contributed by atoms with Crippen LogP contribution in [0.1, 0.15) is 45.4 Å². The highest BCUT2D eigenvalue weighted by molar-refractivity contribution is 6.34. The van der Waals surface area contributed by atoms with Crippen molar-refractivity contribution in [1.82, 2.24) is 25.2 Å². The molecule has 0 spiro atoms. The standard InChI is InChI=1S/C18H23ClN6O2.ClH/c1-11-16(22-23-25(11)13-6-8-20-9-7-13)17(26)21-12-4-5-15(19)14(10-12)18(27)24(2)3;/h4-5,10,13,20H,6-9H2,1-3H3,(H,21,26);1H. The summed E-state index contributed by atoms with van der Waals surface area (Å²) in [5.41, 5.74) is 1.82. The van der Waals surface area contributed by atoms with Crippen molar-refractivity contribution in [3.05, 3.63) is 40.2 Å². The zero-order valence-corrected chi connectivity index (χ0v) is 17.6. The first-order valence-electron chi connectivity index (χ1n) is 8.83. The van der Waals surface area contributed by atoms with Gasteiger partial charge in [-0.05, 0) is 51.1 Å². The third-order valence-corrected chi connectivity index (χ3v) is 4.99. The maximum atomic E-state index is 12.7. The van der Waals surface area contributed by atoms with Gasteiger partial charge in [0, 0.05) is 19.8 Å². The Kier molecular flexibility index (Phi) is 7.40. The Bertz CT molecular complexity index is 862. The number of carbonyl (C=O) groups is 2. The number of benzene rings is 1. The maximum absolute atomic E-state index is 12.7. The van der Waals surface area contributed by atoms with Gasteiger partial charge in [-0.25, -0.2) is 4.68 Å². The molecule has 1 aromatic carbocycles. The normalized spacial score (nSPS) is 14.3. The van der Waals surface area contributed by atoms with Gasteiger partial charge in [0.25, 0.3) is 11.8 Å². The van der Waals surface area contributed by atoms with Gasteiger partial charge in [-0.15, -0.1) is 17.5 Å². The second-order valence-electron chi connectivity index (χ2n) is 6.80. The lowest BCUT2D eigenvalue weighted by Crippen LogP contribution is -2.30. The van der Waals surface area contributed by atoms with Crippen LogP contribution >= 0.6 is 24.0 Å². The first-order chi connectivity index (χ1) is 12.9. The molecule has 2 amide bonds. The summed E-state index contributed by atoms with van der Waals surface area (Å²) < 4.78 is 1.83. The average molecular weight is 427 g/mol. The van der Waals surface area contributed by atoms with Crippen molar-refractivity contribution in [1.29, 1.82) is 0 Å². The lowest BCUT2D eigenvalue weighted by Gasteiger charge is -2.23. The minimum Gasteiger partial charge on any atom is -0.345 e.